The number of anilines is 2. The zero-order valence-electron chi connectivity index (χ0n) is 12.2. The molecule has 106 valence electrons. The Bertz CT molecular complexity index is 704. The van der Waals surface area contributed by atoms with Gasteiger partial charge in [0.15, 0.2) is 0 Å². The third-order valence-corrected chi connectivity index (χ3v) is 3.49. The molecule has 2 aromatic heterocycles. The maximum atomic E-state index is 4.59. The predicted molar refractivity (Wildman–Crippen MR) is 84.7 cm³/mol. The first-order valence-electron chi connectivity index (χ1n) is 7.01. The third kappa shape index (κ3) is 2.94. The lowest BCUT2D eigenvalue weighted by atomic mass is 10.1. The first-order valence-corrected chi connectivity index (χ1v) is 7.01. The van der Waals surface area contributed by atoms with Crippen LogP contribution >= 0.6 is 0 Å². The average Bonchev–Trinajstić information content (AvgIpc) is 2.89. The molecule has 21 heavy (non-hydrogen) atoms. The molecule has 3 aromatic rings. The predicted octanol–water partition coefficient (Wildman–Crippen LogP) is 3.94. The molecule has 0 saturated heterocycles. The molecule has 1 aromatic carbocycles. The Labute approximate surface area is 124 Å². The van der Waals surface area contributed by atoms with Gasteiger partial charge in [-0.2, -0.15) is 0 Å². The van der Waals surface area contributed by atoms with Gasteiger partial charge in [0.1, 0.15) is 0 Å². The highest BCUT2D eigenvalue weighted by Crippen LogP contribution is 2.24. The van der Waals surface area contributed by atoms with E-state index in [-0.39, 0.29) is 6.04 Å². The summed E-state index contributed by atoms with van der Waals surface area (Å²) in [6.07, 6.45) is 5.70. The smallest absolute Gasteiger partial charge is 0.208 e. The molecule has 2 heterocycles. The van der Waals surface area contributed by atoms with Gasteiger partial charge in [-0.3, -0.25) is 4.98 Å². The summed E-state index contributed by atoms with van der Waals surface area (Å²) in [6, 6.07) is 14.3. The average molecular weight is 278 g/mol. The van der Waals surface area contributed by atoms with E-state index < -0.39 is 0 Å². The fourth-order valence-electron chi connectivity index (χ4n) is 2.36. The van der Waals surface area contributed by atoms with E-state index in [1.165, 1.54) is 5.56 Å². The van der Waals surface area contributed by atoms with Crippen LogP contribution in [0.2, 0.25) is 0 Å². The molecule has 0 aliphatic carbocycles. The molecule has 1 atom stereocenters. The molecule has 1 unspecified atom stereocenters. The first-order chi connectivity index (χ1) is 10.2. The molecule has 4 nitrogen and oxygen atoms in total. The van der Waals surface area contributed by atoms with Gasteiger partial charge in [-0.15, -0.1) is 0 Å². The standard InChI is InChI=1S/C17H18N4/c1-13-12-21(14(2)15-8-10-18-11-9-15)17(19-13)20-16-6-4-3-5-7-16/h3-12,14H,1-2H3,(H,19,20). The molecule has 0 spiro atoms. The second-order valence-electron chi connectivity index (χ2n) is 5.06. The number of hydrogen-bond acceptors (Lipinski definition) is 3. The van der Waals surface area contributed by atoms with Crippen molar-refractivity contribution in [2.75, 3.05) is 5.32 Å². The van der Waals surface area contributed by atoms with Crippen molar-refractivity contribution < 1.29 is 0 Å². The number of hydrogen-bond donors (Lipinski definition) is 1. The van der Waals surface area contributed by atoms with Gasteiger partial charge in [0.25, 0.3) is 0 Å². The van der Waals surface area contributed by atoms with Crippen LogP contribution in [0.1, 0.15) is 24.2 Å². The van der Waals surface area contributed by atoms with E-state index in [1.54, 1.807) is 0 Å². The second-order valence-corrected chi connectivity index (χ2v) is 5.06. The lowest BCUT2D eigenvalue weighted by molar-refractivity contribution is 0.645. The van der Waals surface area contributed by atoms with E-state index in [9.17, 15) is 0 Å². The summed E-state index contributed by atoms with van der Waals surface area (Å²) in [7, 11) is 0. The van der Waals surface area contributed by atoms with Gasteiger partial charge in [-0.25, -0.2) is 4.98 Å². The van der Waals surface area contributed by atoms with Gasteiger partial charge in [0.05, 0.1) is 11.7 Å². The van der Waals surface area contributed by atoms with Gasteiger partial charge in [0.2, 0.25) is 5.95 Å². The minimum Gasteiger partial charge on any atom is -0.326 e. The topological polar surface area (TPSA) is 42.7 Å². The Balaban J connectivity index is 1.93. The van der Waals surface area contributed by atoms with Crippen LogP contribution in [-0.2, 0) is 0 Å². The molecule has 0 fully saturated rings. The van der Waals surface area contributed by atoms with E-state index >= 15 is 0 Å². The largest absolute Gasteiger partial charge is 0.326 e. The Hall–Kier alpha value is -2.62. The summed E-state index contributed by atoms with van der Waals surface area (Å²) >= 11 is 0. The number of nitrogens with one attached hydrogen (secondary N) is 1. The molecule has 0 aliphatic heterocycles. The number of para-hydroxylation sites is 1. The van der Waals surface area contributed by atoms with Gasteiger partial charge in [-0.05, 0) is 43.7 Å². The molecule has 0 aliphatic rings. The van der Waals surface area contributed by atoms with Gasteiger partial charge >= 0.3 is 0 Å². The van der Waals surface area contributed by atoms with E-state index in [0.29, 0.717) is 0 Å². The highest BCUT2D eigenvalue weighted by Gasteiger charge is 2.13. The Morgan fingerprint density at radius 3 is 2.48 bits per heavy atom. The summed E-state index contributed by atoms with van der Waals surface area (Å²) in [5.41, 5.74) is 3.24. The molecule has 0 radical (unpaired) electrons. The van der Waals surface area contributed by atoms with Crippen LogP contribution in [0.3, 0.4) is 0 Å². The summed E-state index contributed by atoms with van der Waals surface area (Å²) < 4.78 is 2.15. The van der Waals surface area contributed by atoms with E-state index in [4.69, 9.17) is 0 Å². The number of nitrogens with zero attached hydrogens (tertiary/aromatic N) is 3. The summed E-state index contributed by atoms with van der Waals surface area (Å²) in [6.45, 7) is 4.17. The molecule has 0 saturated carbocycles. The summed E-state index contributed by atoms with van der Waals surface area (Å²) in [5, 5.41) is 3.38. The fourth-order valence-corrected chi connectivity index (χ4v) is 2.36. The maximum Gasteiger partial charge on any atom is 0.208 e. The number of benzene rings is 1. The highest BCUT2D eigenvalue weighted by atomic mass is 15.2. The lowest BCUT2D eigenvalue weighted by Gasteiger charge is -2.17. The van der Waals surface area contributed by atoms with Crippen molar-refractivity contribution in [1.82, 2.24) is 14.5 Å². The minimum absolute atomic E-state index is 0.195. The highest BCUT2D eigenvalue weighted by molar-refractivity contribution is 5.53. The van der Waals surface area contributed by atoms with Crippen molar-refractivity contribution in [3.63, 3.8) is 0 Å². The number of imidazole rings is 1. The SMILES string of the molecule is Cc1cn(C(C)c2ccncc2)c(Nc2ccccc2)n1. The first kappa shape index (κ1) is 13.4. The lowest BCUT2D eigenvalue weighted by Crippen LogP contribution is -2.09. The molecule has 1 N–H and O–H groups in total. The monoisotopic (exact) mass is 278 g/mol. The Morgan fingerprint density at radius 1 is 1.05 bits per heavy atom. The van der Waals surface area contributed by atoms with Crippen LogP contribution < -0.4 is 5.32 Å². The number of rotatable bonds is 4. The second kappa shape index (κ2) is 5.79. The summed E-state index contributed by atoms with van der Waals surface area (Å²) in [5.74, 6) is 0.850. The zero-order chi connectivity index (χ0) is 14.7. The van der Waals surface area contributed by atoms with Crippen molar-refractivity contribution in [2.45, 2.75) is 19.9 Å². The van der Waals surface area contributed by atoms with Gasteiger partial charge in [0, 0.05) is 24.3 Å². The third-order valence-electron chi connectivity index (χ3n) is 3.49. The van der Waals surface area contributed by atoms with Crippen LogP contribution in [0, 0.1) is 6.92 Å². The number of aromatic nitrogens is 3. The fraction of sp³-hybridized carbons (Fsp3) is 0.176. The Morgan fingerprint density at radius 2 is 1.76 bits per heavy atom. The molecule has 0 amide bonds. The van der Waals surface area contributed by atoms with Crippen LogP contribution in [0.5, 0.6) is 0 Å². The molecular weight excluding hydrogens is 260 g/mol. The van der Waals surface area contributed by atoms with Crippen molar-refractivity contribution in [1.29, 1.82) is 0 Å². The van der Waals surface area contributed by atoms with Crippen molar-refractivity contribution >= 4 is 11.6 Å². The van der Waals surface area contributed by atoms with E-state index in [0.717, 1.165) is 17.3 Å². The van der Waals surface area contributed by atoms with Gasteiger partial charge in [-0.1, -0.05) is 18.2 Å². The molecule has 0 bridgehead atoms. The zero-order valence-corrected chi connectivity index (χ0v) is 12.2. The summed E-state index contributed by atoms with van der Waals surface area (Å²) in [4.78, 5) is 8.67. The van der Waals surface area contributed by atoms with Crippen molar-refractivity contribution in [3.8, 4) is 0 Å². The van der Waals surface area contributed by atoms with Gasteiger partial charge < -0.3 is 9.88 Å². The minimum atomic E-state index is 0.195. The molecular formula is C17H18N4. The van der Waals surface area contributed by atoms with E-state index in [2.05, 4.69) is 33.0 Å². The number of pyridine rings is 1. The van der Waals surface area contributed by atoms with Crippen molar-refractivity contribution in [2.24, 2.45) is 0 Å². The Kier molecular flexibility index (Phi) is 3.69. The number of aryl methyl sites for hydroxylation is 1. The van der Waals surface area contributed by atoms with Crippen molar-refractivity contribution in [3.05, 3.63) is 72.3 Å². The van der Waals surface area contributed by atoms with E-state index in [1.807, 2.05) is 61.8 Å². The quantitative estimate of drug-likeness (QED) is 0.786. The molecule has 4 heteroatoms. The maximum absolute atomic E-state index is 4.59. The van der Waals surface area contributed by atoms with Crippen LogP contribution in [0.15, 0.2) is 61.1 Å². The molecule has 3 rings (SSSR count). The van der Waals surface area contributed by atoms with Crippen LogP contribution in [0.4, 0.5) is 11.6 Å². The normalized spacial score (nSPS) is 12.1. The van der Waals surface area contributed by atoms with Crippen LogP contribution in [0.25, 0.3) is 0 Å². The van der Waals surface area contributed by atoms with Crippen LogP contribution in [-0.4, -0.2) is 14.5 Å².